The van der Waals surface area contributed by atoms with Crippen molar-refractivity contribution in [1.29, 1.82) is 0 Å². The predicted octanol–water partition coefficient (Wildman–Crippen LogP) is 6.05. The lowest BCUT2D eigenvalue weighted by atomic mass is 10.0. The first-order chi connectivity index (χ1) is 17.1. The zero-order valence-corrected chi connectivity index (χ0v) is 20.5. The third-order valence-corrected chi connectivity index (χ3v) is 5.79. The standard InChI is InChI=1S/C28H24BrN3O3/c29-22-13-10-20(11-14-22)19-35-26-15-12-21-6-4-5-9-24(21)25(26)18-30-32-28(34)17-16-27(33)31-23-7-2-1-3-8-23/h1-15,18H,16-17,19H2,(H,31,33)(H,32,34). The van der Waals surface area contributed by atoms with Gasteiger partial charge in [-0.15, -0.1) is 0 Å². The Kier molecular flexibility index (Phi) is 8.25. The Hall–Kier alpha value is -3.97. The molecule has 0 radical (unpaired) electrons. The summed E-state index contributed by atoms with van der Waals surface area (Å²) in [6.45, 7) is 0.398. The van der Waals surface area contributed by atoms with E-state index in [-0.39, 0.29) is 24.7 Å². The number of hydrogen-bond acceptors (Lipinski definition) is 4. The third-order valence-electron chi connectivity index (χ3n) is 5.26. The molecular weight excluding hydrogens is 506 g/mol. The average Bonchev–Trinajstić information content (AvgIpc) is 2.88. The number of ether oxygens (including phenoxy) is 1. The first kappa shape index (κ1) is 24.2. The quantitative estimate of drug-likeness (QED) is 0.204. The van der Waals surface area contributed by atoms with E-state index in [1.54, 1.807) is 18.3 Å². The number of benzene rings is 4. The lowest BCUT2D eigenvalue weighted by Gasteiger charge is -2.12. The molecule has 0 saturated carbocycles. The Labute approximate surface area is 212 Å². The van der Waals surface area contributed by atoms with Crippen molar-refractivity contribution in [3.05, 3.63) is 107 Å². The number of para-hydroxylation sites is 1. The number of anilines is 1. The molecule has 176 valence electrons. The highest BCUT2D eigenvalue weighted by Crippen LogP contribution is 2.27. The number of rotatable bonds is 9. The van der Waals surface area contributed by atoms with Gasteiger partial charge in [0.25, 0.3) is 0 Å². The van der Waals surface area contributed by atoms with Crippen LogP contribution >= 0.6 is 15.9 Å². The van der Waals surface area contributed by atoms with Gasteiger partial charge in [0.05, 0.1) is 6.21 Å². The summed E-state index contributed by atoms with van der Waals surface area (Å²) in [5.41, 5.74) is 5.01. The minimum absolute atomic E-state index is 0.0263. The van der Waals surface area contributed by atoms with Gasteiger partial charge in [0, 0.05) is 28.6 Å². The molecule has 35 heavy (non-hydrogen) atoms. The number of nitrogens with zero attached hydrogens (tertiary/aromatic N) is 1. The van der Waals surface area contributed by atoms with E-state index in [0.29, 0.717) is 18.0 Å². The molecular formula is C28H24BrN3O3. The van der Waals surface area contributed by atoms with Crippen molar-refractivity contribution in [2.24, 2.45) is 5.10 Å². The third kappa shape index (κ3) is 7.01. The Balaban J connectivity index is 1.39. The molecule has 0 aliphatic carbocycles. The molecule has 0 saturated heterocycles. The van der Waals surface area contributed by atoms with Gasteiger partial charge in [-0.2, -0.15) is 5.10 Å². The molecule has 0 atom stereocenters. The SMILES string of the molecule is O=C(CCC(=O)Nc1ccccc1)NN=Cc1c(OCc2ccc(Br)cc2)ccc2ccccc12. The van der Waals surface area contributed by atoms with Crippen LogP contribution in [0.25, 0.3) is 10.8 Å². The highest BCUT2D eigenvalue weighted by Gasteiger charge is 2.09. The summed E-state index contributed by atoms with van der Waals surface area (Å²) < 4.78 is 7.10. The molecule has 4 aromatic rings. The van der Waals surface area contributed by atoms with Crippen LogP contribution in [0.4, 0.5) is 5.69 Å². The maximum Gasteiger partial charge on any atom is 0.240 e. The number of hydrazone groups is 1. The summed E-state index contributed by atoms with van der Waals surface area (Å²) >= 11 is 3.44. The molecule has 2 N–H and O–H groups in total. The molecule has 0 unspecified atom stereocenters. The van der Waals surface area contributed by atoms with Crippen LogP contribution in [0.15, 0.2) is 101 Å². The first-order valence-electron chi connectivity index (χ1n) is 11.1. The molecule has 2 amide bonds. The topological polar surface area (TPSA) is 79.8 Å². The van der Waals surface area contributed by atoms with Crippen LogP contribution in [0.5, 0.6) is 5.75 Å². The van der Waals surface area contributed by atoms with Gasteiger partial charge in [-0.05, 0) is 46.7 Å². The molecule has 7 heteroatoms. The molecule has 0 aliphatic rings. The number of nitrogens with one attached hydrogen (secondary N) is 2. The molecule has 0 heterocycles. The van der Waals surface area contributed by atoms with Gasteiger partial charge in [-0.3, -0.25) is 9.59 Å². The molecule has 4 aromatic carbocycles. The highest BCUT2D eigenvalue weighted by atomic mass is 79.9. The smallest absolute Gasteiger partial charge is 0.240 e. The molecule has 0 aromatic heterocycles. The first-order valence-corrected chi connectivity index (χ1v) is 11.9. The molecule has 0 aliphatic heterocycles. The molecule has 4 rings (SSSR count). The van der Waals surface area contributed by atoms with E-state index in [0.717, 1.165) is 26.4 Å². The molecule has 0 spiro atoms. The van der Waals surface area contributed by atoms with Crippen LogP contribution in [0.3, 0.4) is 0 Å². The van der Waals surface area contributed by atoms with Gasteiger partial charge in [0.15, 0.2) is 0 Å². The maximum absolute atomic E-state index is 12.2. The molecule has 0 bridgehead atoms. The average molecular weight is 530 g/mol. The monoisotopic (exact) mass is 529 g/mol. The summed E-state index contributed by atoms with van der Waals surface area (Å²) in [7, 11) is 0. The zero-order chi connectivity index (χ0) is 24.5. The Morgan fingerprint density at radius 1 is 0.829 bits per heavy atom. The van der Waals surface area contributed by atoms with Gasteiger partial charge >= 0.3 is 0 Å². The van der Waals surface area contributed by atoms with Gasteiger partial charge in [-0.1, -0.05) is 76.6 Å². The minimum atomic E-state index is -0.345. The number of carbonyl (C=O) groups is 2. The predicted molar refractivity (Wildman–Crippen MR) is 142 cm³/mol. The van der Waals surface area contributed by atoms with Gasteiger partial charge in [-0.25, -0.2) is 5.43 Å². The Bertz CT molecular complexity index is 1340. The second-order valence-electron chi connectivity index (χ2n) is 7.82. The van der Waals surface area contributed by atoms with Crippen LogP contribution in [-0.4, -0.2) is 18.0 Å². The second kappa shape index (κ2) is 11.9. The van der Waals surface area contributed by atoms with Gasteiger partial charge in [0.1, 0.15) is 12.4 Å². The van der Waals surface area contributed by atoms with Crippen molar-refractivity contribution >= 4 is 50.4 Å². The summed E-state index contributed by atoms with van der Waals surface area (Å²) in [6, 6.07) is 28.9. The number of hydrogen-bond donors (Lipinski definition) is 2. The van der Waals surface area contributed by atoms with Crippen molar-refractivity contribution < 1.29 is 14.3 Å². The van der Waals surface area contributed by atoms with E-state index in [2.05, 4.69) is 31.8 Å². The molecule has 6 nitrogen and oxygen atoms in total. The fourth-order valence-electron chi connectivity index (χ4n) is 3.47. The van der Waals surface area contributed by atoms with Crippen molar-refractivity contribution in [3.8, 4) is 5.75 Å². The highest BCUT2D eigenvalue weighted by molar-refractivity contribution is 9.10. The van der Waals surface area contributed by atoms with E-state index in [1.165, 1.54) is 0 Å². The summed E-state index contributed by atoms with van der Waals surface area (Å²) in [5.74, 6) is 0.0851. The van der Waals surface area contributed by atoms with E-state index >= 15 is 0 Å². The minimum Gasteiger partial charge on any atom is -0.488 e. The van der Waals surface area contributed by atoms with Gasteiger partial charge < -0.3 is 10.1 Å². The summed E-state index contributed by atoms with van der Waals surface area (Å²) in [6.07, 6.45) is 1.67. The van der Waals surface area contributed by atoms with E-state index in [4.69, 9.17) is 4.74 Å². The Morgan fingerprint density at radius 3 is 2.34 bits per heavy atom. The van der Waals surface area contributed by atoms with Crippen molar-refractivity contribution in [1.82, 2.24) is 5.43 Å². The number of carbonyl (C=O) groups excluding carboxylic acids is 2. The van der Waals surface area contributed by atoms with Crippen LogP contribution in [0, 0.1) is 0 Å². The lowest BCUT2D eigenvalue weighted by Crippen LogP contribution is -2.20. The van der Waals surface area contributed by atoms with Crippen molar-refractivity contribution in [2.75, 3.05) is 5.32 Å². The van der Waals surface area contributed by atoms with E-state index in [1.807, 2.05) is 78.9 Å². The summed E-state index contributed by atoms with van der Waals surface area (Å²) in [5, 5.41) is 8.89. The van der Waals surface area contributed by atoms with Crippen LogP contribution in [-0.2, 0) is 16.2 Å². The number of amides is 2. The normalized spacial score (nSPS) is 10.9. The van der Waals surface area contributed by atoms with E-state index in [9.17, 15) is 9.59 Å². The van der Waals surface area contributed by atoms with Crippen LogP contribution in [0.2, 0.25) is 0 Å². The lowest BCUT2D eigenvalue weighted by molar-refractivity contribution is -0.124. The van der Waals surface area contributed by atoms with E-state index < -0.39 is 0 Å². The zero-order valence-electron chi connectivity index (χ0n) is 18.9. The van der Waals surface area contributed by atoms with Crippen LogP contribution in [0.1, 0.15) is 24.0 Å². The number of halogens is 1. The Morgan fingerprint density at radius 2 is 1.54 bits per heavy atom. The second-order valence-corrected chi connectivity index (χ2v) is 8.74. The van der Waals surface area contributed by atoms with Gasteiger partial charge in [0.2, 0.25) is 11.8 Å². The van der Waals surface area contributed by atoms with Crippen LogP contribution < -0.4 is 15.5 Å². The molecule has 0 fully saturated rings. The summed E-state index contributed by atoms with van der Waals surface area (Å²) in [4.78, 5) is 24.3. The maximum atomic E-state index is 12.2. The number of fused-ring (bicyclic) bond motifs is 1. The fraction of sp³-hybridized carbons (Fsp3) is 0.107. The fourth-order valence-corrected chi connectivity index (χ4v) is 3.74. The largest absolute Gasteiger partial charge is 0.488 e. The van der Waals surface area contributed by atoms with Crippen molar-refractivity contribution in [3.63, 3.8) is 0 Å². The van der Waals surface area contributed by atoms with Crippen molar-refractivity contribution in [2.45, 2.75) is 19.4 Å².